The van der Waals surface area contributed by atoms with Gasteiger partial charge in [0.1, 0.15) is 5.75 Å². The van der Waals surface area contributed by atoms with Crippen molar-refractivity contribution in [2.24, 2.45) is 0 Å². The summed E-state index contributed by atoms with van der Waals surface area (Å²) in [6.45, 7) is 2.52. The number of likely N-dealkylation sites (N-methyl/N-ethyl adjacent to an activating group) is 1. The molecule has 1 aromatic rings. The second-order valence-electron chi connectivity index (χ2n) is 3.75. The van der Waals surface area contributed by atoms with Crippen LogP contribution in [0, 0.1) is 0 Å². The van der Waals surface area contributed by atoms with E-state index in [0.29, 0.717) is 6.54 Å². The van der Waals surface area contributed by atoms with Gasteiger partial charge >= 0.3 is 0 Å². The summed E-state index contributed by atoms with van der Waals surface area (Å²) in [6.07, 6.45) is 0. The predicted octanol–water partition coefficient (Wildman–Crippen LogP) is 1.32. The zero-order valence-corrected chi connectivity index (χ0v) is 10.9. The van der Waals surface area contributed by atoms with Crippen molar-refractivity contribution in [2.45, 2.75) is 19.5 Å². The summed E-state index contributed by atoms with van der Waals surface area (Å²) < 4.78 is 5.20. The molecular weight excluding hydrogens is 224 g/mol. The quantitative estimate of drug-likeness (QED) is 0.847. The lowest BCUT2D eigenvalue weighted by Gasteiger charge is -2.17. The Morgan fingerprint density at radius 3 is 2.88 bits per heavy atom. The van der Waals surface area contributed by atoms with Crippen LogP contribution in [0.15, 0.2) is 11.4 Å². The molecule has 0 fully saturated rings. The van der Waals surface area contributed by atoms with Crippen LogP contribution in [0.1, 0.15) is 11.8 Å². The van der Waals surface area contributed by atoms with Gasteiger partial charge < -0.3 is 15.0 Å². The van der Waals surface area contributed by atoms with E-state index in [1.807, 2.05) is 18.4 Å². The third kappa shape index (κ3) is 3.21. The summed E-state index contributed by atoms with van der Waals surface area (Å²) in [4.78, 5) is 14.3. The summed E-state index contributed by atoms with van der Waals surface area (Å²) in [5, 5.41) is 5.16. The van der Waals surface area contributed by atoms with Crippen LogP contribution in [0.2, 0.25) is 0 Å². The zero-order chi connectivity index (χ0) is 12.1. The number of nitrogens with one attached hydrogen (secondary N) is 1. The van der Waals surface area contributed by atoms with Crippen LogP contribution in [-0.2, 0) is 11.3 Å². The molecule has 16 heavy (non-hydrogen) atoms. The predicted molar refractivity (Wildman–Crippen MR) is 65.9 cm³/mol. The maximum absolute atomic E-state index is 11.6. The average molecular weight is 242 g/mol. The fourth-order valence-electron chi connectivity index (χ4n) is 1.36. The fourth-order valence-corrected chi connectivity index (χ4v) is 2.15. The molecule has 0 aliphatic heterocycles. The molecule has 0 radical (unpaired) electrons. The summed E-state index contributed by atoms with van der Waals surface area (Å²) in [7, 11) is 5.17. The largest absolute Gasteiger partial charge is 0.496 e. The number of hydrogen-bond donors (Lipinski definition) is 1. The standard InChI is InChI=1S/C11H18N2O2S/c1-8(11(14)13(2)3)12-7-10-9(15-4)5-6-16-10/h5-6,8,12H,7H2,1-4H3/t8-/m1/s1. The van der Waals surface area contributed by atoms with E-state index in [9.17, 15) is 4.79 Å². The molecule has 0 saturated heterocycles. The number of hydrogen-bond acceptors (Lipinski definition) is 4. The van der Waals surface area contributed by atoms with E-state index < -0.39 is 0 Å². The molecule has 0 aliphatic carbocycles. The minimum Gasteiger partial charge on any atom is -0.496 e. The van der Waals surface area contributed by atoms with Crippen LogP contribution in [0.3, 0.4) is 0 Å². The molecule has 0 bridgehead atoms. The van der Waals surface area contributed by atoms with Crippen LogP contribution in [0.4, 0.5) is 0 Å². The maximum atomic E-state index is 11.6. The molecule has 1 amide bonds. The summed E-state index contributed by atoms with van der Waals surface area (Å²) >= 11 is 1.62. The summed E-state index contributed by atoms with van der Waals surface area (Å²) in [5.41, 5.74) is 0. The Labute approximate surface area is 100 Å². The molecule has 0 aromatic carbocycles. The van der Waals surface area contributed by atoms with E-state index in [1.54, 1.807) is 37.4 Å². The van der Waals surface area contributed by atoms with Crippen LogP contribution >= 0.6 is 11.3 Å². The first kappa shape index (κ1) is 13.0. The number of ether oxygens (including phenoxy) is 1. The molecule has 0 aliphatic rings. The van der Waals surface area contributed by atoms with E-state index in [-0.39, 0.29) is 11.9 Å². The average Bonchev–Trinajstić information content (AvgIpc) is 2.71. The number of thiophene rings is 1. The van der Waals surface area contributed by atoms with Crippen LogP contribution in [0.5, 0.6) is 5.75 Å². The van der Waals surface area contributed by atoms with Crippen molar-refractivity contribution < 1.29 is 9.53 Å². The van der Waals surface area contributed by atoms with Crippen molar-refractivity contribution in [3.05, 3.63) is 16.3 Å². The van der Waals surface area contributed by atoms with Gasteiger partial charge in [0.25, 0.3) is 0 Å². The number of rotatable bonds is 5. The second kappa shape index (κ2) is 5.86. The molecule has 5 heteroatoms. The van der Waals surface area contributed by atoms with Gasteiger partial charge in [0, 0.05) is 20.6 Å². The van der Waals surface area contributed by atoms with Crippen molar-refractivity contribution >= 4 is 17.2 Å². The first-order valence-corrected chi connectivity index (χ1v) is 5.99. The molecule has 90 valence electrons. The number of amides is 1. The lowest BCUT2D eigenvalue weighted by Crippen LogP contribution is -2.41. The first-order chi connectivity index (χ1) is 7.56. The first-order valence-electron chi connectivity index (χ1n) is 5.11. The van der Waals surface area contributed by atoms with Gasteiger partial charge in [0.2, 0.25) is 5.91 Å². The van der Waals surface area contributed by atoms with Crippen molar-refractivity contribution in [2.75, 3.05) is 21.2 Å². The van der Waals surface area contributed by atoms with Gasteiger partial charge in [-0.25, -0.2) is 0 Å². The van der Waals surface area contributed by atoms with Crippen molar-refractivity contribution in [1.29, 1.82) is 0 Å². The molecule has 1 rings (SSSR count). The van der Waals surface area contributed by atoms with E-state index >= 15 is 0 Å². The highest BCUT2D eigenvalue weighted by molar-refractivity contribution is 7.10. The van der Waals surface area contributed by atoms with Gasteiger partial charge in [-0.3, -0.25) is 4.79 Å². The third-order valence-corrected chi connectivity index (χ3v) is 3.21. The Kier molecular flexibility index (Phi) is 4.76. The molecule has 0 unspecified atom stereocenters. The Hall–Kier alpha value is -1.07. The minimum absolute atomic E-state index is 0.0792. The topological polar surface area (TPSA) is 41.6 Å². The molecular formula is C11H18N2O2S. The monoisotopic (exact) mass is 242 g/mol. The number of carbonyl (C=O) groups is 1. The Morgan fingerprint density at radius 1 is 1.62 bits per heavy atom. The minimum atomic E-state index is -0.179. The Balaban J connectivity index is 2.49. The highest BCUT2D eigenvalue weighted by Crippen LogP contribution is 2.23. The van der Waals surface area contributed by atoms with Gasteiger partial charge in [-0.05, 0) is 18.4 Å². The van der Waals surface area contributed by atoms with E-state index in [2.05, 4.69) is 5.32 Å². The lowest BCUT2D eigenvalue weighted by molar-refractivity contribution is -0.130. The number of methoxy groups -OCH3 is 1. The van der Waals surface area contributed by atoms with Crippen LogP contribution in [-0.4, -0.2) is 38.1 Å². The highest BCUT2D eigenvalue weighted by Gasteiger charge is 2.14. The zero-order valence-electron chi connectivity index (χ0n) is 10.1. The molecule has 1 heterocycles. The van der Waals surface area contributed by atoms with Gasteiger partial charge in [0.15, 0.2) is 0 Å². The number of nitrogens with zero attached hydrogens (tertiary/aromatic N) is 1. The van der Waals surface area contributed by atoms with Gasteiger partial charge in [-0.2, -0.15) is 0 Å². The maximum Gasteiger partial charge on any atom is 0.238 e. The van der Waals surface area contributed by atoms with E-state index in [4.69, 9.17) is 4.74 Å². The van der Waals surface area contributed by atoms with Crippen molar-refractivity contribution in [3.8, 4) is 5.75 Å². The second-order valence-corrected chi connectivity index (χ2v) is 4.75. The van der Waals surface area contributed by atoms with Crippen LogP contribution in [0.25, 0.3) is 0 Å². The van der Waals surface area contributed by atoms with Gasteiger partial charge in [-0.15, -0.1) is 11.3 Å². The smallest absolute Gasteiger partial charge is 0.238 e. The van der Waals surface area contributed by atoms with Crippen molar-refractivity contribution in [1.82, 2.24) is 10.2 Å². The van der Waals surface area contributed by atoms with Crippen molar-refractivity contribution in [3.63, 3.8) is 0 Å². The molecule has 1 aromatic heterocycles. The van der Waals surface area contributed by atoms with E-state index in [1.165, 1.54) is 0 Å². The highest BCUT2D eigenvalue weighted by atomic mass is 32.1. The summed E-state index contributed by atoms with van der Waals surface area (Å²) in [6, 6.07) is 1.75. The van der Waals surface area contributed by atoms with Crippen LogP contribution < -0.4 is 10.1 Å². The Bertz CT molecular complexity index is 350. The SMILES string of the molecule is COc1ccsc1CN[C@H](C)C(=O)N(C)C. The van der Waals surface area contributed by atoms with Gasteiger partial charge in [0.05, 0.1) is 18.0 Å². The molecule has 1 N–H and O–H groups in total. The molecule has 1 atom stereocenters. The van der Waals surface area contributed by atoms with E-state index in [0.717, 1.165) is 10.6 Å². The lowest BCUT2D eigenvalue weighted by atomic mass is 10.3. The molecule has 0 spiro atoms. The Morgan fingerprint density at radius 2 is 2.31 bits per heavy atom. The molecule has 0 saturated carbocycles. The summed E-state index contributed by atoms with van der Waals surface area (Å²) in [5.74, 6) is 0.956. The number of carbonyl (C=O) groups excluding carboxylic acids is 1. The third-order valence-electron chi connectivity index (χ3n) is 2.30. The van der Waals surface area contributed by atoms with Gasteiger partial charge in [-0.1, -0.05) is 0 Å². The fraction of sp³-hybridized carbons (Fsp3) is 0.545. The molecule has 4 nitrogen and oxygen atoms in total. The normalized spacial score (nSPS) is 12.2.